The van der Waals surface area contributed by atoms with E-state index in [1.807, 2.05) is 31.2 Å². The maximum absolute atomic E-state index is 9.48. The molecule has 136 valence electrons. The fourth-order valence-corrected chi connectivity index (χ4v) is 3.35. The highest BCUT2D eigenvalue weighted by molar-refractivity contribution is 5.69. The van der Waals surface area contributed by atoms with Gasteiger partial charge in [-0.3, -0.25) is 4.98 Å². The zero-order valence-electron chi connectivity index (χ0n) is 15.6. The highest BCUT2D eigenvalue weighted by atomic mass is 16.3. The van der Waals surface area contributed by atoms with Crippen LogP contribution in [-0.2, 0) is 0 Å². The number of benzene rings is 1. The predicted octanol–water partition coefficient (Wildman–Crippen LogP) is 4.15. The second kappa shape index (κ2) is 7.19. The van der Waals surface area contributed by atoms with E-state index in [1.54, 1.807) is 24.5 Å². The first kappa shape index (κ1) is 17.2. The van der Waals surface area contributed by atoms with Gasteiger partial charge in [0.1, 0.15) is 11.6 Å². The third-order valence-electron chi connectivity index (χ3n) is 5.05. The molecule has 0 saturated heterocycles. The summed E-state index contributed by atoms with van der Waals surface area (Å²) < 4.78 is 0. The lowest BCUT2D eigenvalue weighted by atomic mass is 9.99. The monoisotopic (exact) mass is 358 g/mol. The molecule has 3 heterocycles. The molecule has 5 heteroatoms. The largest absolute Gasteiger partial charge is 0.508 e. The zero-order chi connectivity index (χ0) is 18.8. The lowest BCUT2D eigenvalue weighted by Gasteiger charge is -2.29. The molecule has 0 unspecified atom stereocenters. The fourth-order valence-electron chi connectivity index (χ4n) is 3.35. The standard InChI is InChI=1S/C22H22N4O/c1-15-16(2)24-21(19-7-11-23-12-8-19)25-22(15)26-13-9-18(10-14-26)17-3-5-20(27)6-4-17/h3-9,11-12,27H,10,13-14H2,1-2H3. The van der Waals surface area contributed by atoms with Crippen molar-refractivity contribution in [2.75, 3.05) is 18.0 Å². The molecule has 5 nitrogen and oxygen atoms in total. The van der Waals surface area contributed by atoms with Gasteiger partial charge in [0.05, 0.1) is 0 Å². The maximum Gasteiger partial charge on any atom is 0.161 e. The molecule has 4 rings (SSSR count). The van der Waals surface area contributed by atoms with Gasteiger partial charge in [0, 0.05) is 42.3 Å². The van der Waals surface area contributed by atoms with E-state index in [0.29, 0.717) is 5.75 Å². The van der Waals surface area contributed by atoms with E-state index in [2.05, 4.69) is 27.9 Å². The molecule has 3 aromatic rings. The molecule has 27 heavy (non-hydrogen) atoms. The Labute approximate surface area is 159 Å². The van der Waals surface area contributed by atoms with Crippen molar-refractivity contribution in [2.24, 2.45) is 0 Å². The first-order valence-corrected chi connectivity index (χ1v) is 9.11. The van der Waals surface area contributed by atoms with Crippen LogP contribution in [0.15, 0.2) is 54.9 Å². The van der Waals surface area contributed by atoms with Gasteiger partial charge in [0.25, 0.3) is 0 Å². The van der Waals surface area contributed by atoms with Gasteiger partial charge in [-0.25, -0.2) is 9.97 Å². The summed E-state index contributed by atoms with van der Waals surface area (Å²) in [6.07, 6.45) is 6.72. The van der Waals surface area contributed by atoms with Crippen molar-refractivity contribution >= 4 is 11.4 Å². The van der Waals surface area contributed by atoms with Crippen LogP contribution in [-0.4, -0.2) is 33.1 Å². The summed E-state index contributed by atoms with van der Waals surface area (Å²) >= 11 is 0. The maximum atomic E-state index is 9.48. The third-order valence-corrected chi connectivity index (χ3v) is 5.05. The molecule has 2 aromatic heterocycles. The van der Waals surface area contributed by atoms with Gasteiger partial charge in [0.15, 0.2) is 5.82 Å². The SMILES string of the molecule is Cc1nc(-c2ccncc2)nc(N2CC=C(c3ccc(O)cc3)CC2)c1C. The Morgan fingerprint density at radius 1 is 0.926 bits per heavy atom. The summed E-state index contributed by atoms with van der Waals surface area (Å²) in [5, 5.41) is 9.48. The lowest BCUT2D eigenvalue weighted by molar-refractivity contribution is 0.475. The van der Waals surface area contributed by atoms with Crippen LogP contribution in [0.4, 0.5) is 5.82 Å². The summed E-state index contributed by atoms with van der Waals surface area (Å²) in [6.45, 7) is 5.83. The Bertz CT molecular complexity index is 981. The molecule has 0 fully saturated rings. The molecule has 1 aromatic carbocycles. The van der Waals surface area contributed by atoms with Gasteiger partial charge in [-0.15, -0.1) is 0 Å². The van der Waals surface area contributed by atoms with E-state index >= 15 is 0 Å². The van der Waals surface area contributed by atoms with Crippen LogP contribution < -0.4 is 4.90 Å². The van der Waals surface area contributed by atoms with Crippen molar-refractivity contribution in [3.8, 4) is 17.1 Å². The van der Waals surface area contributed by atoms with Crippen molar-refractivity contribution < 1.29 is 5.11 Å². The number of aryl methyl sites for hydroxylation is 1. The number of aromatic hydroxyl groups is 1. The number of aromatic nitrogens is 3. The number of hydrogen-bond acceptors (Lipinski definition) is 5. The topological polar surface area (TPSA) is 62.1 Å². The Balaban J connectivity index is 1.62. The molecule has 0 atom stereocenters. The number of anilines is 1. The van der Waals surface area contributed by atoms with Gasteiger partial charge in [-0.05, 0) is 55.7 Å². The molecular formula is C22H22N4O. The molecule has 0 bridgehead atoms. The van der Waals surface area contributed by atoms with Crippen molar-refractivity contribution in [3.63, 3.8) is 0 Å². The van der Waals surface area contributed by atoms with Gasteiger partial charge in [0.2, 0.25) is 0 Å². The summed E-state index contributed by atoms with van der Waals surface area (Å²) in [5.41, 5.74) is 5.57. The lowest BCUT2D eigenvalue weighted by Crippen LogP contribution is -2.30. The number of pyridine rings is 1. The van der Waals surface area contributed by atoms with Crippen LogP contribution in [0.25, 0.3) is 17.0 Å². The highest BCUT2D eigenvalue weighted by Crippen LogP contribution is 2.29. The number of phenolic OH excluding ortho intramolecular Hbond substituents is 1. The Morgan fingerprint density at radius 2 is 1.67 bits per heavy atom. The van der Waals surface area contributed by atoms with E-state index in [9.17, 15) is 5.11 Å². The number of rotatable bonds is 3. The van der Waals surface area contributed by atoms with Crippen molar-refractivity contribution in [2.45, 2.75) is 20.3 Å². The normalized spacial score (nSPS) is 14.1. The minimum Gasteiger partial charge on any atom is -0.508 e. The summed E-state index contributed by atoms with van der Waals surface area (Å²) in [6, 6.07) is 11.3. The summed E-state index contributed by atoms with van der Waals surface area (Å²) in [5.74, 6) is 2.03. The highest BCUT2D eigenvalue weighted by Gasteiger charge is 2.19. The Morgan fingerprint density at radius 3 is 2.33 bits per heavy atom. The van der Waals surface area contributed by atoms with Crippen LogP contribution in [0.2, 0.25) is 0 Å². The van der Waals surface area contributed by atoms with E-state index in [1.165, 1.54) is 11.1 Å². The molecule has 0 spiro atoms. The molecule has 0 amide bonds. The van der Waals surface area contributed by atoms with Gasteiger partial charge < -0.3 is 10.0 Å². The van der Waals surface area contributed by atoms with E-state index in [4.69, 9.17) is 4.98 Å². The van der Waals surface area contributed by atoms with Gasteiger partial charge in [-0.1, -0.05) is 18.2 Å². The average Bonchev–Trinajstić information content (AvgIpc) is 2.71. The van der Waals surface area contributed by atoms with Crippen molar-refractivity contribution in [1.82, 2.24) is 15.0 Å². The first-order valence-electron chi connectivity index (χ1n) is 9.11. The first-order chi connectivity index (χ1) is 13.1. The Kier molecular flexibility index (Phi) is 4.59. The third kappa shape index (κ3) is 3.53. The predicted molar refractivity (Wildman–Crippen MR) is 108 cm³/mol. The minimum absolute atomic E-state index is 0.299. The number of nitrogens with zero attached hydrogens (tertiary/aromatic N) is 4. The summed E-state index contributed by atoms with van der Waals surface area (Å²) in [7, 11) is 0. The number of phenols is 1. The minimum atomic E-state index is 0.299. The van der Waals surface area contributed by atoms with Crippen LogP contribution in [0.1, 0.15) is 23.2 Å². The molecule has 0 aliphatic carbocycles. The van der Waals surface area contributed by atoms with E-state index in [-0.39, 0.29) is 0 Å². The molecule has 1 aliphatic rings. The van der Waals surface area contributed by atoms with Crippen LogP contribution in [0.3, 0.4) is 0 Å². The van der Waals surface area contributed by atoms with Gasteiger partial charge >= 0.3 is 0 Å². The number of hydrogen-bond donors (Lipinski definition) is 1. The smallest absolute Gasteiger partial charge is 0.161 e. The molecule has 0 saturated carbocycles. The van der Waals surface area contributed by atoms with Crippen LogP contribution in [0.5, 0.6) is 5.75 Å². The molecular weight excluding hydrogens is 336 g/mol. The quantitative estimate of drug-likeness (QED) is 0.762. The van der Waals surface area contributed by atoms with Crippen LogP contribution in [0, 0.1) is 13.8 Å². The zero-order valence-corrected chi connectivity index (χ0v) is 15.6. The van der Waals surface area contributed by atoms with E-state index in [0.717, 1.165) is 48.0 Å². The molecule has 1 aliphatic heterocycles. The average molecular weight is 358 g/mol. The van der Waals surface area contributed by atoms with Crippen molar-refractivity contribution in [3.05, 3.63) is 71.7 Å². The molecule has 1 N–H and O–H groups in total. The van der Waals surface area contributed by atoms with Crippen molar-refractivity contribution in [1.29, 1.82) is 0 Å². The van der Waals surface area contributed by atoms with Crippen LogP contribution >= 0.6 is 0 Å². The second-order valence-electron chi connectivity index (χ2n) is 6.79. The Hall–Kier alpha value is -3.21. The second-order valence-corrected chi connectivity index (χ2v) is 6.79. The fraction of sp³-hybridized carbons (Fsp3) is 0.227. The molecule has 0 radical (unpaired) electrons. The summed E-state index contributed by atoms with van der Waals surface area (Å²) in [4.78, 5) is 15.9. The van der Waals surface area contributed by atoms with Gasteiger partial charge in [-0.2, -0.15) is 0 Å². The van der Waals surface area contributed by atoms with E-state index < -0.39 is 0 Å².